The molecule has 0 saturated heterocycles. The number of halogens is 2. The van der Waals surface area contributed by atoms with Gasteiger partial charge in [-0.15, -0.1) is 6.58 Å². The van der Waals surface area contributed by atoms with E-state index in [1.54, 1.807) is 0 Å². The summed E-state index contributed by atoms with van der Waals surface area (Å²) in [6, 6.07) is 0. The molecule has 0 aromatic carbocycles. The normalized spacial score (nSPS) is 12.8. The maximum atomic E-state index is 12.8. The second kappa shape index (κ2) is 14.4. The van der Waals surface area contributed by atoms with Crippen LogP contribution in [-0.2, 0) is 14.2 Å². The van der Waals surface area contributed by atoms with E-state index in [2.05, 4.69) is 12.7 Å². The Labute approximate surface area is 137 Å². The second-order valence-corrected chi connectivity index (χ2v) is 5.11. The van der Waals surface area contributed by atoms with E-state index in [-0.39, 0.29) is 19.8 Å². The first-order valence-corrected chi connectivity index (χ1v) is 7.72. The molecule has 134 valence electrons. The quantitative estimate of drug-likeness (QED) is 0.224. The molecular weight excluding hydrogens is 306 g/mol. The van der Waals surface area contributed by atoms with Gasteiger partial charge in [-0.25, -0.2) is 0 Å². The van der Waals surface area contributed by atoms with Crippen LogP contribution in [0.25, 0.3) is 0 Å². The Morgan fingerprint density at radius 1 is 1.26 bits per heavy atom. The SMILES string of the molecule is C=CCCC/C=C(\C)CCC(O)C(OCOCCOC)=C(F)F. The molecule has 4 nitrogen and oxygen atoms in total. The topological polar surface area (TPSA) is 47.9 Å². The molecule has 0 radical (unpaired) electrons. The van der Waals surface area contributed by atoms with E-state index < -0.39 is 17.9 Å². The van der Waals surface area contributed by atoms with Crippen LogP contribution in [-0.4, -0.2) is 38.3 Å². The van der Waals surface area contributed by atoms with Crippen molar-refractivity contribution in [2.45, 2.75) is 45.1 Å². The van der Waals surface area contributed by atoms with Crippen molar-refractivity contribution in [3.63, 3.8) is 0 Å². The molecule has 1 atom stereocenters. The number of ether oxygens (including phenoxy) is 3. The van der Waals surface area contributed by atoms with Gasteiger partial charge in [-0.2, -0.15) is 8.78 Å². The molecule has 0 amide bonds. The maximum Gasteiger partial charge on any atom is 0.310 e. The number of unbranched alkanes of at least 4 members (excludes halogenated alkanes) is 2. The van der Waals surface area contributed by atoms with Gasteiger partial charge in [-0.1, -0.05) is 17.7 Å². The third-order valence-corrected chi connectivity index (χ3v) is 3.14. The van der Waals surface area contributed by atoms with Gasteiger partial charge in [0.05, 0.1) is 13.2 Å². The maximum absolute atomic E-state index is 12.8. The minimum atomic E-state index is -2.03. The van der Waals surface area contributed by atoms with E-state index >= 15 is 0 Å². The zero-order chi connectivity index (χ0) is 17.5. The first-order chi connectivity index (χ1) is 11.0. The predicted octanol–water partition coefficient (Wildman–Crippen LogP) is 4.18. The summed E-state index contributed by atoms with van der Waals surface area (Å²) in [5.41, 5.74) is 1.06. The van der Waals surface area contributed by atoms with Gasteiger partial charge in [0.15, 0.2) is 12.6 Å². The van der Waals surface area contributed by atoms with Gasteiger partial charge in [0.1, 0.15) is 6.10 Å². The molecule has 0 fully saturated rings. The summed E-state index contributed by atoms with van der Waals surface area (Å²) in [5.74, 6) is -0.720. The standard InChI is InChI=1S/C17H28F2O4/c1-4-5-6-7-8-14(2)9-10-15(20)16(17(18)19)23-13-22-12-11-21-3/h4,8,15,20H,1,5-7,9-13H2,2-3H3/b14-8+. The summed E-state index contributed by atoms with van der Waals surface area (Å²) in [5, 5.41) is 9.86. The molecule has 0 aromatic rings. The highest BCUT2D eigenvalue weighted by Crippen LogP contribution is 2.19. The summed E-state index contributed by atoms with van der Waals surface area (Å²) in [4.78, 5) is 0. The van der Waals surface area contributed by atoms with Gasteiger partial charge in [0, 0.05) is 7.11 Å². The number of allylic oxidation sites excluding steroid dienone is 3. The summed E-state index contributed by atoms with van der Waals surface area (Å²) in [6.45, 7) is 5.81. The lowest BCUT2D eigenvalue weighted by molar-refractivity contribution is -0.0598. The van der Waals surface area contributed by atoms with E-state index in [4.69, 9.17) is 14.2 Å². The minimum absolute atomic E-state index is 0.175. The number of rotatable bonds is 14. The van der Waals surface area contributed by atoms with Crippen molar-refractivity contribution in [3.8, 4) is 0 Å². The molecule has 1 N–H and O–H groups in total. The molecule has 0 aliphatic carbocycles. The summed E-state index contributed by atoms with van der Waals surface area (Å²) >= 11 is 0. The molecule has 0 aromatic heterocycles. The fraction of sp³-hybridized carbons (Fsp3) is 0.647. The number of methoxy groups -OCH3 is 1. The van der Waals surface area contributed by atoms with Crippen molar-refractivity contribution >= 4 is 0 Å². The first kappa shape index (κ1) is 21.8. The van der Waals surface area contributed by atoms with Crippen LogP contribution in [0.5, 0.6) is 0 Å². The Kier molecular flexibility index (Phi) is 13.6. The summed E-state index contributed by atoms with van der Waals surface area (Å²) in [7, 11) is 1.51. The number of aliphatic hydroxyl groups excluding tert-OH is 1. The Bertz CT molecular complexity index is 377. The van der Waals surface area contributed by atoms with Crippen LogP contribution in [0.3, 0.4) is 0 Å². The molecule has 0 saturated carbocycles. The lowest BCUT2D eigenvalue weighted by Gasteiger charge is -2.15. The van der Waals surface area contributed by atoms with E-state index in [1.165, 1.54) is 7.11 Å². The molecule has 6 heteroatoms. The molecule has 0 aliphatic rings. The van der Waals surface area contributed by atoms with Gasteiger partial charge < -0.3 is 19.3 Å². The number of aliphatic hydroxyl groups is 1. The third kappa shape index (κ3) is 11.9. The molecule has 23 heavy (non-hydrogen) atoms. The first-order valence-electron chi connectivity index (χ1n) is 7.72. The molecule has 1 unspecified atom stereocenters. The highest BCUT2D eigenvalue weighted by atomic mass is 19.3. The van der Waals surface area contributed by atoms with Crippen LogP contribution in [0.4, 0.5) is 8.78 Å². The molecular formula is C17H28F2O4. The molecule has 0 heterocycles. The predicted molar refractivity (Wildman–Crippen MR) is 86.1 cm³/mol. The van der Waals surface area contributed by atoms with Gasteiger partial charge in [0.25, 0.3) is 0 Å². The van der Waals surface area contributed by atoms with Crippen LogP contribution in [0.2, 0.25) is 0 Å². The van der Waals surface area contributed by atoms with Crippen molar-refractivity contribution in [1.29, 1.82) is 0 Å². The average molecular weight is 334 g/mol. The summed E-state index contributed by atoms with van der Waals surface area (Å²) in [6.07, 6.45) is 4.12. The van der Waals surface area contributed by atoms with Crippen molar-refractivity contribution in [2.75, 3.05) is 27.1 Å². The van der Waals surface area contributed by atoms with Crippen LogP contribution in [0.1, 0.15) is 39.0 Å². The zero-order valence-electron chi connectivity index (χ0n) is 14.0. The van der Waals surface area contributed by atoms with Crippen LogP contribution < -0.4 is 0 Å². The van der Waals surface area contributed by atoms with E-state index in [0.29, 0.717) is 13.0 Å². The lowest BCUT2D eigenvalue weighted by atomic mass is 10.1. The Morgan fingerprint density at radius 2 is 2.00 bits per heavy atom. The van der Waals surface area contributed by atoms with E-state index in [9.17, 15) is 13.9 Å². The van der Waals surface area contributed by atoms with Crippen molar-refractivity contribution < 1.29 is 28.1 Å². The van der Waals surface area contributed by atoms with Crippen molar-refractivity contribution in [1.82, 2.24) is 0 Å². The van der Waals surface area contributed by atoms with Crippen molar-refractivity contribution in [2.24, 2.45) is 0 Å². The van der Waals surface area contributed by atoms with E-state index in [0.717, 1.165) is 24.8 Å². The van der Waals surface area contributed by atoms with Gasteiger partial charge >= 0.3 is 6.08 Å². The van der Waals surface area contributed by atoms with Gasteiger partial charge in [-0.3, -0.25) is 0 Å². The largest absolute Gasteiger partial charge is 0.463 e. The van der Waals surface area contributed by atoms with Crippen LogP contribution in [0.15, 0.2) is 36.1 Å². The van der Waals surface area contributed by atoms with Crippen molar-refractivity contribution in [3.05, 3.63) is 36.1 Å². The highest BCUT2D eigenvalue weighted by Gasteiger charge is 2.19. The smallest absolute Gasteiger partial charge is 0.310 e. The lowest BCUT2D eigenvalue weighted by Crippen LogP contribution is -2.16. The molecule has 0 bridgehead atoms. The average Bonchev–Trinajstić information content (AvgIpc) is 2.52. The number of hydrogen-bond donors (Lipinski definition) is 1. The minimum Gasteiger partial charge on any atom is -0.463 e. The Balaban J connectivity index is 4.18. The third-order valence-electron chi connectivity index (χ3n) is 3.14. The molecule has 0 aliphatic heterocycles. The second-order valence-electron chi connectivity index (χ2n) is 5.11. The highest BCUT2D eigenvalue weighted by molar-refractivity contribution is 5.04. The fourth-order valence-electron chi connectivity index (χ4n) is 1.79. The van der Waals surface area contributed by atoms with E-state index in [1.807, 2.05) is 13.0 Å². The van der Waals surface area contributed by atoms with Gasteiger partial charge in [-0.05, 0) is 39.0 Å². The van der Waals surface area contributed by atoms with Gasteiger partial charge in [0.2, 0.25) is 0 Å². The monoisotopic (exact) mass is 334 g/mol. The van der Waals surface area contributed by atoms with Crippen LogP contribution >= 0.6 is 0 Å². The van der Waals surface area contributed by atoms with Crippen LogP contribution in [0, 0.1) is 0 Å². The molecule has 0 spiro atoms. The molecule has 0 rings (SSSR count). The number of hydrogen-bond acceptors (Lipinski definition) is 4. The Morgan fingerprint density at radius 3 is 2.61 bits per heavy atom. The fourth-order valence-corrected chi connectivity index (χ4v) is 1.79. The summed E-state index contributed by atoms with van der Waals surface area (Å²) < 4.78 is 40.2. The zero-order valence-corrected chi connectivity index (χ0v) is 14.0. The Hall–Kier alpha value is -1.24.